The van der Waals surface area contributed by atoms with Gasteiger partial charge in [0.2, 0.25) is 23.5 Å². The van der Waals surface area contributed by atoms with Gasteiger partial charge in [-0.3, -0.25) is 4.79 Å². The topological polar surface area (TPSA) is 149 Å². The van der Waals surface area contributed by atoms with Crippen LogP contribution in [0.5, 0.6) is 0 Å². The lowest BCUT2D eigenvalue weighted by Crippen LogP contribution is -2.15. The number of nitrogens with zero attached hydrogens (tertiary/aromatic N) is 7. The minimum atomic E-state index is -4.59. The second-order valence-corrected chi connectivity index (χ2v) is 6.52. The molecule has 0 saturated carbocycles. The highest BCUT2D eigenvalue weighted by Crippen LogP contribution is 2.28. The van der Waals surface area contributed by atoms with Gasteiger partial charge in [-0.05, 0) is 24.3 Å². The van der Waals surface area contributed by atoms with Crippen molar-refractivity contribution in [3.05, 3.63) is 60.2 Å². The standard InChI is InChI=1S/C19H14F3N9O2/c1-31(11-5-3-2-4-6-11)18-28-13(27-17(23)29-18)14-26-16(33-30-14)15(32)25-10-7-8-12(24-9-10)19(20,21)22/h2-9H,1H3,(H,25,32)(H2,23,27,28,29). The van der Waals surface area contributed by atoms with Crippen molar-refractivity contribution >= 4 is 29.2 Å². The van der Waals surface area contributed by atoms with Gasteiger partial charge >= 0.3 is 18.0 Å². The fraction of sp³-hybridized carbons (Fsp3) is 0.105. The fourth-order valence-electron chi connectivity index (χ4n) is 2.62. The summed E-state index contributed by atoms with van der Waals surface area (Å²) >= 11 is 0. The number of amides is 1. The van der Waals surface area contributed by atoms with Gasteiger partial charge in [0.05, 0.1) is 11.9 Å². The lowest BCUT2D eigenvalue weighted by atomic mass is 10.3. The lowest BCUT2D eigenvalue weighted by Gasteiger charge is -2.17. The zero-order valence-electron chi connectivity index (χ0n) is 16.8. The van der Waals surface area contributed by atoms with Gasteiger partial charge in [-0.25, -0.2) is 4.98 Å². The van der Waals surface area contributed by atoms with Crippen LogP contribution in [-0.4, -0.2) is 43.0 Å². The maximum absolute atomic E-state index is 12.6. The fourth-order valence-corrected chi connectivity index (χ4v) is 2.62. The smallest absolute Gasteiger partial charge is 0.368 e. The third kappa shape index (κ3) is 4.84. The number of carbonyl (C=O) groups is 1. The maximum atomic E-state index is 12.6. The number of pyridine rings is 1. The van der Waals surface area contributed by atoms with Crippen LogP contribution in [0, 0.1) is 0 Å². The monoisotopic (exact) mass is 457 g/mol. The molecular weight excluding hydrogens is 443 g/mol. The molecule has 4 rings (SSSR count). The first-order valence-corrected chi connectivity index (χ1v) is 9.20. The van der Waals surface area contributed by atoms with Gasteiger partial charge in [0.1, 0.15) is 5.69 Å². The summed E-state index contributed by atoms with van der Waals surface area (Å²) in [5.74, 6) is -1.41. The summed E-state index contributed by atoms with van der Waals surface area (Å²) in [6, 6.07) is 11.0. The lowest BCUT2D eigenvalue weighted by molar-refractivity contribution is -0.141. The molecule has 0 bridgehead atoms. The van der Waals surface area contributed by atoms with Crippen LogP contribution in [0.15, 0.2) is 53.2 Å². The van der Waals surface area contributed by atoms with Crippen molar-refractivity contribution in [1.82, 2.24) is 30.1 Å². The van der Waals surface area contributed by atoms with E-state index in [4.69, 9.17) is 10.3 Å². The molecule has 0 aliphatic rings. The van der Waals surface area contributed by atoms with E-state index in [0.717, 1.165) is 24.0 Å². The van der Waals surface area contributed by atoms with E-state index in [1.165, 1.54) is 0 Å². The van der Waals surface area contributed by atoms with Crippen molar-refractivity contribution in [3.63, 3.8) is 0 Å². The van der Waals surface area contributed by atoms with Crippen LogP contribution < -0.4 is 16.0 Å². The summed E-state index contributed by atoms with van der Waals surface area (Å²) < 4.78 is 42.7. The SMILES string of the molecule is CN(c1ccccc1)c1nc(N)nc(-c2noc(C(=O)Nc3ccc(C(F)(F)F)nc3)n2)n1. The van der Waals surface area contributed by atoms with Crippen molar-refractivity contribution in [2.45, 2.75) is 6.18 Å². The first-order valence-electron chi connectivity index (χ1n) is 9.20. The van der Waals surface area contributed by atoms with E-state index >= 15 is 0 Å². The Balaban J connectivity index is 1.53. The number of anilines is 4. The molecule has 0 spiro atoms. The van der Waals surface area contributed by atoms with Crippen LogP contribution in [0.25, 0.3) is 11.6 Å². The summed E-state index contributed by atoms with van der Waals surface area (Å²) in [4.78, 5) is 33.5. The highest BCUT2D eigenvalue weighted by molar-refractivity contribution is 6.00. The molecule has 1 amide bonds. The summed E-state index contributed by atoms with van der Waals surface area (Å²) in [6.07, 6.45) is -3.74. The highest BCUT2D eigenvalue weighted by Gasteiger charge is 2.32. The first-order chi connectivity index (χ1) is 15.7. The van der Waals surface area contributed by atoms with Crippen molar-refractivity contribution in [2.75, 3.05) is 23.0 Å². The first kappa shape index (κ1) is 21.6. The molecule has 11 nitrogen and oxygen atoms in total. The number of carbonyl (C=O) groups excluding carboxylic acids is 1. The van der Waals surface area contributed by atoms with Gasteiger partial charge in [0.25, 0.3) is 0 Å². The largest absolute Gasteiger partial charge is 0.433 e. The van der Waals surface area contributed by atoms with Crippen molar-refractivity contribution in [2.24, 2.45) is 0 Å². The number of para-hydroxylation sites is 1. The van der Waals surface area contributed by atoms with E-state index in [1.807, 2.05) is 30.3 Å². The second-order valence-electron chi connectivity index (χ2n) is 6.52. The van der Waals surface area contributed by atoms with Gasteiger partial charge in [-0.1, -0.05) is 23.4 Å². The maximum Gasteiger partial charge on any atom is 0.433 e. The molecule has 0 aliphatic heterocycles. The Kier molecular flexibility index (Phi) is 5.56. The number of benzene rings is 1. The number of nitrogen functional groups attached to an aromatic ring is 1. The van der Waals surface area contributed by atoms with Crippen LogP contribution in [-0.2, 0) is 6.18 Å². The highest BCUT2D eigenvalue weighted by atomic mass is 19.4. The number of hydrogen-bond acceptors (Lipinski definition) is 10. The third-order valence-corrected chi connectivity index (χ3v) is 4.22. The predicted molar refractivity (Wildman–Crippen MR) is 109 cm³/mol. The number of alkyl halides is 3. The molecule has 3 heterocycles. The second kappa shape index (κ2) is 8.49. The van der Waals surface area contributed by atoms with E-state index in [-0.39, 0.29) is 29.2 Å². The van der Waals surface area contributed by atoms with Gasteiger partial charge in [0, 0.05) is 12.7 Å². The van der Waals surface area contributed by atoms with Gasteiger partial charge in [-0.2, -0.15) is 33.1 Å². The molecule has 0 saturated heterocycles. The number of nitrogens with two attached hydrogens (primary N) is 1. The van der Waals surface area contributed by atoms with E-state index < -0.39 is 23.7 Å². The van der Waals surface area contributed by atoms with E-state index in [0.29, 0.717) is 0 Å². The molecule has 1 aromatic carbocycles. The van der Waals surface area contributed by atoms with Gasteiger partial charge in [-0.15, -0.1) is 0 Å². The van der Waals surface area contributed by atoms with E-state index in [1.54, 1.807) is 11.9 Å². The molecule has 0 aliphatic carbocycles. The van der Waals surface area contributed by atoms with E-state index in [2.05, 4.69) is 35.4 Å². The molecule has 0 atom stereocenters. The molecule has 0 radical (unpaired) electrons. The zero-order valence-corrected chi connectivity index (χ0v) is 16.8. The normalized spacial score (nSPS) is 11.3. The third-order valence-electron chi connectivity index (χ3n) is 4.22. The van der Waals surface area contributed by atoms with Crippen LogP contribution >= 0.6 is 0 Å². The molecule has 3 N–H and O–H groups in total. The minimum absolute atomic E-state index is 0.00364. The van der Waals surface area contributed by atoms with Crippen LogP contribution in [0.1, 0.15) is 16.4 Å². The average Bonchev–Trinajstić information content (AvgIpc) is 3.29. The van der Waals surface area contributed by atoms with Crippen molar-refractivity contribution < 1.29 is 22.5 Å². The molecule has 0 unspecified atom stereocenters. The zero-order chi connectivity index (χ0) is 23.6. The number of nitrogens with one attached hydrogen (secondary N) is 1. The summed E-state index contributed by atoms with van der Waals surface area (Å²) in [5.41, 5.74) is 5.48. The molecule has 3 aromatic heterocycles. The van der Waals surface area contributed by atoms with Gasteiger partial charge < -0.3 is 20.5 Å². The summed E-state index contributed by atoms with van der Waals surface area (Å²) in [6.45, 7) is 0. The summed E-state index contributed by atoms with van der Waals surface area (Å²) in [5, 5.41) is 5.98. The molecule has 14 heteroatoms. The Labute approximate surface area is 183 Å². The predicted octanol–water partition coefficient (Wildman–Crippen LogP) is 2.94. The van der Waals surface area contributed by atoms with Crippen molar-refractivity contribution in [3.8, 4) is 11.6 Å². The average molecular weight is 457 g/mol. The Hall–Kier alpha value is -4.62. The molecule has 0 fully saturated rings. The number of hydrogen-bond donors (Lipinski definition) is 2. The molecule has 33 heavy (non-hydrogen) atoms. The van der Waals surface area contributed by atoms with Crippen LogP contribution in [0.4, 0.5) is 36.4 Å². The Bertz CT molecular complexity index is 1280. The number of aromatic nitrogens is 6. The van der Waals surface area contributed by atoms with Crippen molar-refractivity contribution in [1.29, 1.82) is 0 Å². The molecular formula is C19H14F3N9O2. The molecule has 4 aromatic rings. The minimum Gasteiger partial charge on any atom is -0.368 e. The van der Waals surface area contributed by atoms with E-state index in [9.17, 15) is 18.0 Å². The Morgan fingerprint density at radius 2 is 1.79 bits per heavy atom. The molecule has 168 valence electrons. The number of rotatable bonds is 5. The van der Waals surface area contributed by atoms with Crippen LogP contribution in [0.2, 0.25) is 0 Å². The Morgan fingerprint density at radius 3 is 2.45 bits per heavy atom. The quantitative estimate of drug-likeness (QED) is 0.458. The Morgan fingerprint density at radius 1 is 1.03 bits per heavy atom. The van der Waals surface area contributed by atoms with Gasteiger partial charge in [0.15, 0.2) is 0 Å². The summed E-state index contributed by atoms with van der Waals surface area (Å²) in [7, 11) is 1.72. The number of halogens is 3. The van der Waals surface area contributed by atoms with Crippen LogP contribution in [0.3, 0.4) is 0 Å².